The Morgan fingerprint density at radius 2 is 1.94 bits per heavy atom. The third-order valence-corrected chi connectivity index (χ3v) is 5.66. The van der Waals surface area contributed by atoms with Crippen molar-refractivity contribution in [2.45, 2.75) is 19.4 Å². The Hall–Kier alpha value is -3.20. The van der Waals surface area contributed by atoms with Gasteiger partial charge in [-0.3, -0.25) is 4.79 Å². The Morgan fingerprint density at radius 1 is 1.18 bits per heavy atom. The molecule has 9 heteroatoms. The normalized spacial score (nSPS) is 11.2. The topological polar surface area (TPSA) is 95.9 Å². The van der Waals surface area contributed by atoms with Gasteiger partial charge in [0.15, 0.2) is 5.82 Å². The summed E-state index contributed by atoms with van der Waals surface area (Å²) >= 11 is 6.30. The van der Waals surface area contributed by atoms with Crippen LogP contribution in [0.4, 0.5) is 0 Å². The molecular weight excluding hydrogens is 442 g/mol. The molecule has 0 radical (unpaired) electrons. The number of nitrogens with zero attached hydrogens (tertiary/aromatic N) is 4. The summed E-state index contributed by atoms with van der Waals surface area (Å²) in [6.07, 6.45) is 1.34. The van der Waals surface area contributed by atoms with E-state index in [-0.39, 0.29) is 24.1 Å². The highest BCUT2D eigenvalue weighted by molar-refractivity contribution is 6.33. The van der Waals surface area contributed by atoms with Crippen LogP contribution >= 0.6 is 11.6 Å². The van der Waals surface area contributed by atoms with Crippen LogP contribution in [0.3, 0.4) is 0 Å². The van der Waals surface area contributed by atoms with Gasteiger partial charge in [0, 0.05) is 32.3 Å². The van der Waals surface area contributed by atoms with E-state index in [9.17, 15) is 4.79 Å². The zero-order valence-corrected chi connectivity index (χ0v) is 19.1. The summed E-state index contributed by atoms with van der Waals surface area (Å²) in [5.74, 6) is 0.607. The summed E-state index contributed by atoms with van der Waals surface area (Å²) in [6, 6.07) is 17.3. The number of halogens is 1. The lowest BCUT2D eigenvalue weighted by Gasteiger charge is -2.16. The number of hydrogen-bond donors (Lipinski definition) is 2. The van der Waals surface area contributed by atoms with E-state index >= 15 is 0 Å². The number of aliphatic hydroxyl groups is 1. The van der Waals surface area contributed by atoms with E-state index in [4.69, 9.17) is 21.1 Å². The first kappa shape index (κ1) is 23.0. The fourth-order valence-electron chi connectivity index (χ4n) is 3.49. The van der Waals surface area contributed by atoms with Crippen LogP contribution in [0.15, 0.2) is 59.0 Å². The van der Waals surface area contributed by atoms with Gasteiger partial charge < -0.3 is 19.7 Å². The van der Waals surface area contributed by atoms with Crippen LogP contribution in [-0.2, 0) is 13.0 Å². The molecule has 2 aromatic carbocycles. The van der Waals surface area contributed by atoms with Crippen molar-refractivity contribution in [3.8, 4) is 11.4 Å². The van der Waals surface area contributed by atoms with Crippen molar-refractivity contribution in [2.75, 3.05) is 26.7 Å². The van der Waals surface area contributed by atoms with Gasteiger partial charge in [0.05, 0.1) is 5.02 Å². The Bertz CT molecular complexity index is 1220. The lowest BCUT2D eigenvalue weighted by molar-refractivity contribution is 0.0765. The second-order valence-electron chi connectivity index (χ2n) is 7.70. The largest absolute Gasteiger partial charge is 0.416 e. The number of amides is 1. The van der Waals surface area contributed by atoms with Gasteiger partial charge in [-0.25, -0.2) is 0 Å². The van der Waals surface area contributed by atoms with Crippen LogP contribution in [0.1, 0.15) is 28.2 Å². The molecule has 2 heterocycles. The highest BCUT2D eigenvalue weighted by Gasteiger charge is 2.26. The zero-order chi connectivity index (χ0) is 23.2. The average Bonchev–Trinajstić information content (AvgIpc) is 3.39. The van der Waals surface area contributed by atoms with Gasteiger partial charge in [-0.15, -0.1) is 5.10 Å². The Morgan fingerprint density at radius 3 is 2.70 bits per heavy atom. The molecule has 0 spiro atoms. The Kier molecular flexibility index (Phi) is 7.39. The van der Waals surface area contributed by atoms with Crippen molar-refractivity contribution in [3.05, 3.63) is 76.6 Å². The van der Waals surface area contributed by atoms with Crippen LogP contribution in [0, 0.1) is 0 Å². The molecule has 0 atom stereocenters. The minimum atomic E-state index is -0.239. The number of carbonyl (C=O) groups excluding carboxylic acids is 1. The van der Waals surface area contributed by atoms with Crippen molar-refractivity contribution >= 4 is 23.4 Å². The molecule has 2 aromatic heterocycles. The number of aliphatic hydroxyl groups excluding tert-OH is 1. The van der Waals surface area contributed by atoms with Gasteiger partial charge in [0.2, 0.25) is 5.76 Å². The number of fused-ring (bicyclic) bond motifs is 1. The molecule has 0 bridgehead atoms. The Balaban J connectivity index is 1.60. The van der Waals surface area contributed by atoms with Gasteiger partial charge in [-0.1, -0.05) is 54.1 Å². The smallest absolute Gasteiger partial charge is 0.325 e. The van der Waals surface area contributed by atoms with Gasteiger partial charge in [0.25, 0.3) is 5.91 Å². The molecule has 0 aliphatic rings. The van der Waals surface area contributed by atoms with E-state index < -0.39 is 0 Å². The third-order valence-electron chi connectivity index (χ3n) is 5.33. The maximum atomic E-state index is 13.2. The summed E-state index contributed by atoms with van der Waals surface area (Å²) in [4.78, 5) is 19.3. The lowest BCUT2D eigenvalue weighted by Crippen LogP contribution is -2.30. The summed E-state index contributed by atoms with van der Waals surface area (Å²) < 4.78 is 7.44. The first-order valence-corrected chi connectivity index (χ1v) is 11.2. The second-order valence-corrected chi connectivity index (χ2v) is 8.11. The van der Waals surface area contributed by atoms with E-state index in [1.54, 1.807) is 22.5 Å². The van der Waals surface area contributed by atoms with Gasteiger partial charge >= 0.3 is 5.84 Å². The maximum Gasteiger partial charge on any atom is 0.325 e. The number of carbonyl (C=O) groups is 1. The van der Waals surface area contributed by atoms with Crippen LogP contribution in [0.5, 0.6) is 0 Å². The van der Waals surface area contributed by atoms with E-state index in [2.05, 4.69) is 15.4 Å². The molecule has 1 amide bonds. The van der Waals surface area contributed by atoms with Gasteiger partial charge in [0.1, 0.15) is 5.69 Å². The zero-order valence-electron chi connectivity index (χ0n) is 18.4. The van der Waals surface area contributed by atoms with Crippen LogP contribution in [0.25, 0.3) is 17.2 Å². The highest BCUT2D eigenvalue weighted by Crippen LogP contribution is 2.27. The van der Waals surface area contributed by atoms with Gasteiger partial charge in [-0.2, -0.15) is 9.50 Å². The minimum absolute atomic E-state index is 0.0851. The molecule has 33 heavy (non-hydrogen) atoms. The van der Waals surface area contributed by atoms with Gasteiger partial charge in [-0.05, 0) is 37.1 Å². The summed E-state index contributed by atoms with van der Waals surface area (Å²) in [7, 11) is 1.75. The standard InChI is InChI=1S/C24H26ClN5O3/c1-29(14-12-17-8-3-2-4-9-17)23(32)21-20(16-26-13-7-15-31)30-24(33-21)27-22(28-30)18-10-5-6-11-19(18)25/h2-6,8-11,26,31H,7,12-16H2,1H3. The fourth-order valence-corrected chi connectivity index (χ4v) is 3.71. The average molecular weight is 468 g/mol. The summed E-state index contributed by atoms with van der Waals surface area (Å²) in [6.45, 7) is 1.56. The number of nitrogens with one attached hydrogen (secondary N) is 1. The molecule has 0 saturated heterocycles. The van der Waals surface area contributed by atoms with E-state index in [1.165, 1.54) is 0 Å². The molecule has 0 fully saturated rings. The van der Waals surface area contributed by atoms with Crippen LogP contribution in [0.2, 0.25) is 5.02 Å². The quantitative estimate of drug-likeness (QED) is 0.347. The lowest BCUT2D eigenvalue weighted by atomic mass is 10.1. The summed E-state index contributed by atoms with van der Waals surface area (Å²) in [5, 5.41) is 17.4. The van der Waals surface area contributed by atoms with Crippen LogP contribution < -0.4 is 5.32 Å². The van der Waals surface area contributed by atoms with E-state index in [1.807, 2.05) is 48.5 Å². The third kappa shape index (κ3) is 5.24. The van der Waals surface area contributed by atoms with E-state index in [0.29, 0.717) is 48.2 Å². The maximum absolute atomic E-state index is 13.2. The van der Waals surface area contributed by atoms with Crippen molar-refractivity contribution in [1.29, 1.82) is 0 Å². The molecule has 0 aliphatic carbocycles. The predicted molar refractivity (Wildman–Crippen MR) is 126 cm³/mol. The van der Waals surface area contributed by atoms with E-state index in [0.717, 1.165) is 12.0 Å². The number of benzene rings is 2. The first-order valence-electron chi connectivity index (χ1n) is 10.8. The molecular formula is C24H26ClN5O3. The molecule has 4 aromatic rings. The predicted octanol–water partition coefficient (Wildman–Crippen LogP) is 3.43. The highest BCUT2D eigenvalue weighted by atomic mass is 35.5. The molecule has 8 nitrogen and oxygen atoms in total. The van der Waals surface area contributed by atoms with Crippen molar-refractivity contribution in [2.24, 2.45) is 0 Å². The number of hydrogen-bond acceptors (Lipinski definition) is 6. The minimum Gasteiger partial charge on any atom is -0.416 e. The van der Waals surface area contributed by atoms with Crippen molar-refractivity contribution < 1.29 is 14.3 Å². The molecule has 0 aliphatic heterocycles. The SMILES string of the molecule is CN(CCc1ccccc1)C(=O)c1oc2nc(-c3ccccc3Cl)nn2c1CNCCCO. The monoisotopic (exact) mass is 467 g/mol. The van der Waals surface area contributed by atoms with Crippen molar-refractivity contribution in [1.82, 2.24) is 24.8 Å². The second kappa shape index (κ2) is 10.6. The fraction of sp³-hybridized carbons (Fsp3) is 0.292. The molecule has 172 valence electrons. The number of oxazole rings is 1. The first-order chi connectivity index (χ1) is 16.1. The number of rotatable bonds is 10. The molecule has 4 rings (SSSR count). The summed E-state index contributed by atoms with van der Waals surface area (Å²) in [5.41, 5.74) is 2.42. The molecule has 0 unspecified atom stereocenters. The van der Waals surface area contributed by atoms with Crippen molar-refractivity contribution in [3.63, 3.8) is 0 Å². The van der Waals surface area contributed by atoms with Crippen LogP contribution in [-0.4, -0.2) is 57.3 Å². The molecule has 0 saturated carbocycles. The Labute approximate surface area is 196 Å². The number of likely N-dealkylation sites (N-methyl/N-ethyl adjacent to an activating group) is 1. The molecule has 2 N–H and O–H groups in total. The number of aromatic nitrogens is 3.